The summed E-state index contributed by atoms with van der Waals surface area (Å²) in [5.41, 5.74) is 2.19. The van der Waals surface area contributed by atoms with Gasteiger partial charge in [0.15, 0.2) is 0 Å². The first-order chi connectivity index (χ1) is 13.1. The highest BCUT2D eigenvalue weighted by Gasteiger charge is 2.27. The summed E-state index contributed by atoms with van der Waals surface area (Å²) in [5.74, 6) is 0.813. The van der Waals surface area contributed by atoms with Gasteiger partial charge in [0.1, 0.15) is 18.0 Å². The standard InChI is InChI=1S/C19H21FN6O/c1-3-14-13(2)23-19-21-12-22-26(19)17(14)24-8-10-25(11-9-24)18(27)15-6-4-5-7-16(15)20/h4-7,12H,3,8-11H2,1-2H3. The average Bonchev–Trinajstić information content (AvgIpc) is 3.15. The quantitative estimate of drug-likeness (QED) is 0.708. The molecule has 1 amide bonds. The minimum atomic E-state index is -0.479. The number of hydrogen-bond acceptors (Lipinski definition) is 5. The van der Waals surface area contributed by atoms with E-state index in [0.29, 0.717) is 32.0 Å². The summed E-state index contributed by atoms with van der Waals surface area (Å²) < 4.78 is 15.7. The van der Waals surface area contributed by atoms with E-state index < -0.39 is 5.82 Å². The van der Waals surface area contributed by atoms with Crippen LogP contribution in [0.1, 0.15) is 28.5 Å². The number of carbonyl (C=O) groups excluding carboxylic acids is 1. The lowest BCUT2D eigenvalue weighted by atomic mass is 10.1. The predicted octanol–water partition coefficient (Wildman–Crippen LogP) is 2.10. The van der Waals surface area contributed by atoms with Gasteiger partial charge in [-0.2, -0.15) is 14.6 Å². The van der Waals surface area contributed by atoms with Crippen molar-refractivity contribution in [2.45, 2.75) is 20.3 Å². The van der Waals surface area contributed by atoms with Crippen LogP contribution in [-0.4, -0.2) is 56.6 Å². The van der Waals surface area contributed by atoms with Crippen LogP contribution in [0.25, 0.3) is 5.78 Å². The molecule has 0 spiro atoms. The van der Waals surface area contributed by atoms with Crippen molar-refractivity contribution in [2.24, 2.45) is 0 Å². The third kappa shape index (κ3) is 3.01. The molecule has 4 rings (SSSR count). The predicted molar refractivity (Wildman–Crippen MR) is 99.4 cm³/mol. The number of piperazine rings is 1. The molecule has 140 valence electrons. The van der Waals surface area contributed by atoms with E-state index in [1.54, 1.807) is 21.5 Å². The van der Waals surface area contributed by atoms with E-state index in [-0.39, 0.29) is 11.5 Å². The zero-order valence-corrected chi connectivity index (χ0v) is 15.4. The molecule has 0 bridgehead atoms. The number of nitrogens with zero attached hydrogens (tertiary/aromatic N) is 6. The van der Waals surface area contributed by atoms with Crippen molar-refractivity contribution < 1.29 is 9.18 Å². The molecule has 7 nitrogen and oxygen atoms in total. The molecule has 1 aliphatic heterocycles. The molecule has 1 aromatic carbocycles. The van der Waals surface area contributed by atoms with Gasteiger partial charge >= 0.3 is 0 Å². The van der Waals surface area contributed by atoms with E-state index in [4.69, 9.17) is 0 Å². The van der Waals surface area contributed by atoms with Gasteiger partial charge in [0.2, 0.25) is 0 Å². The van der Waals surface area contributed by atoms with Crippen molar-refractivity contribution in [2.75, 3.05) is 31.1 Å². The van der Waals surface area contributed by atoms with E-state index in [1.807, 2.05) is 6.92 Å². The molecule has 0 N–H and O–H groups in total. The second-order valence-corrected chi connectivity index (χ2v) is 6.58. The Morgan fingerprint density at radius 1 is 1.19 bits per heavy atom. The van der Waals surface area contributed by atoms with Crippen molar-refractivity contribution in [1.29, 1.82) is 0 Å². The van der Waals surface area contributed by atoms with Gasteiger partial charge < -0.3 is 9.80 Å². The normalized spacial score (nSPS) is 14.8. The first kappa shape index (κ1) is 17.4. The van der Waals surface area contributed by atoms with Crippen molar-refractivity contribution in [3.05, 3.63) is 53.2 Å². The van der Waals surface area contributed by atoms with Crippen LogP contribution < -0.4 is 4.90 Å². The summed E-state index contributed by atoms with van der Waals surface area (Å²) >= 11 is 0. The Kier molecular flexibility index (Phi) is 4.47. The average molecular weight is 368 g/mol. The van der Waals surface area contributed by atoms with Crippen molar-refractivity contribution in [3.8, 4) is 0 Å². The lowest BCUT2D eigenvalue weighted by molar-refractivity contribution is 0.0741. The van der Waals surface area contributed by atoms with Gasteiger partial charge in [-0.05, 0) is 25.5 Å². The number of anilines is 1. The van der Waals surface area contributed by atoms with Gasteiger partial charge in [0, 0.05) is 37.4 Å². The fraction of sp³-hybridized carbons (Fsp3) is 0.368. The van der Waals surface area contributed by atoms with E-state index in [1.165, 1.54) is 18.5 Å². The highest BCUT2D eigenvalue weighted by Crippen LogP contribution is 2.25. The van der Waals surface area contributed by atoms with Crippen molar-refractivity contribution >= 4 is 17.5 Å². The minimum Gasteiger partial charge on any atom is -0.353 e. The third-order valence-corrected chi connectivity index (χ3v) is 5.03. The Labute approximate surface area is 156 Å². The van der Waals surface area contributed by atoms with Crippen LogP contribution in [0.3, 0.4) is 0 Å². The molecule has 0 radical (unpaired) electrons. The highest BCUT2D eigenvalue weighted by atomic mass is 19.1. The van der Waals surface area contributed by atoms with E-state index in [9.17, 15) is 9.18 Å². The minimum absolute atomic E-state index is 0.124. The van der Waals surface area contributed by atoms with Gasteiger partial charge in [0.05, 0.1) is 5.56 Å². The summed E-state index contributed by atoms with van der Waals surface area (Å²) in [4.78, 5) is 25.3. The second kappa shape index (κ2) is 6.94. The lowest BCUT2D eigenvalue weighted by Gasteiger charge is -2.37. The molecule has 3 aromatic rings. The Balaban J connectivity index is 1.58. The lowest BCUT2D eigenvalue weighted by Crippen LogP contribution is -2.49. The Bertz CT molecular complexity index is 993. The number of benzene rings is 1. The fourth-order valence-electron chi connectivity index (χ4n) is 3.63. The molecule has 3 heterocycles. The highest BCUT2D eigenvalue weighted by molar-refractivity contribution is 5.94. The molecule has 0 unspecified atom stereocenters. The smallest absolute Gasteiger partial charge is 0.256 e. The maximum atomic E-state index is 13.9. The Hall–Kier alpha value is -3.03. The molecule has 0 atom stereocenters. The van der Waals surface area contributed by atoms with Crippen molar-refractivity contribution in [1.82, 2.24) is 24.5 Å². The van der Waals surface area contributed by atoms with Crippen LogP contribution in [0.2, 0.25) is 0 Å². The summed E-state index contributed by atoms with van der Waals surface area (Å²) in [6.45, 7) is 6.40. The molecule has 27 heavy (non-hydrogen) atoms. The molecular weight excluding hydrogens is 347 g/mol. The molecule has 8 heteroatoms. The largest absolute Gasteiger partial charge is 0.353 e. The number of hydrogen-bond donors (Lipinski definition) is 0. The maximum absolute atomic E-state index is 13.9. The van der Waals surface area contributed by atoms with E-state index in [2.05, 4.69) is 26.9 Å². The number of fused-ring (bicyclic) bond motifs is 1. The third-order valence-electron chi connectivity index (χ3n) is 5.03. The van der Waals surface area contributed by atoms with E-state index >= 15 is 0 Å². The molecule has 1 fully saturated rings. The molecular formula is C19H21FN6O. The summed E-state index contributed by atoms with van der Waals surface area (Å²) in [6.07, 6.45) is 2.33. The van der Waals surface area contributed by atoms with Crippen LogP contribution in [0.4, 0.5) is 10.2 Å². The zero-order valence-electron chi connectivity index (χ0n) is 15.4. The van der Waals surface area contributed by atoms with Crippen molar-refractivity contribution in [3.63, 3.8) is 0 Å². The first-order valence-electron chi connectivity index (χ1n) is 9.08. The van der Waals surface area contributed by atoms with Crippen LogP contribution >= 0.6 is 0 Å². The molecule has 1 aliphatic rings. The number of aryl methyl sites for hydroxylation is 1. The number of carbonyl (C=O) groups is 1. The number of amides is 1. The molecule has 2 aromatic heterocycles. The monoisotopic (exact) mass is 368 g/mol. The van der Waals surface area contributed by atoms with Gasteiger partial charge in [-0.25, -0.2) is 9.37 Å². The zero-order chi connectivity index (χ0) is 19.0. The Morgan fingerprint density at radius 2 is 1.93 bits per heavy atom. The van der Waals surface area contributed by atoms with Gasteiger partial charge in [0.25, 0.3) is 11.7 Å². The molecule has 1 saturated heterocycles. The second-order valence-electron chi connectivity index (χ2n) is 6.58. The number of rotatable bonds is 3. The Morgan fingerprint density at radius 3 is 2.63 bits per heavy atom. The van der Waals surface area contributed by atoms with Crippen LogP contribution in [0.15, 0.2) is 30.6 Å². The number of halogens is 1. The van der Waals surface area contributed by atoms with Gasteiger partial charge in [-0.1, -0.05) is 19.1 Å². The molecule has 0 saturated carbocycles. The summed E-state index contributed by atoms with van der Waals surface area (Å²) in [7, 11) is 0. The maximum Gasteiger partial charge on any atom is 0.256 e. The fourth-order valence-corrected chi connectivity index (χ4v) is 3.63. The summed E-state index contributed by atoms with van der Waals surface area (Å²) in [5, 5.41) is 4.33. The number of aromatic nitrogens is 4. The van der Waals surface area contributed by atoms with Crippen LogP contribution in [0, 0.1) is 12.7 Å². The van der Waals surface area contributed by atoms with Gasteiger partial charge in [-0.15, -0.1) is 0 Å². The molecule has 0 aliphatic carbocycles. The first-order valence-corrected chi connectivity index (χ1v) is 9.08. The summed E-state index contributed by atoms with van der Waals surface area (Å²) in [6, 6.07) is 6.12. The van der Waals surface area contributed by atoms with E-state index in [0.717, 1.165) is 23.5 Å². The van der Waals surface area contributed by atoms with Crippen LogP contribution in [-0.2, 0) is 6.42 Å². The van der Waals surface area contributed by atoms with Gasteiger partial charge in [-0.3, -0.25) is 4.79 Å². The SMILES string of the molecule is CCc1c(C)nc2ncnn2c1N1CCN(C(=O)c2ccccc2F)CC1. The van der Waals surface area contributed by atoms with Crippen LogP contribution in [0.5, 0.6) is 0 Å². The topological polar surface area (TPSA) is 66.6 Å².